The van der Waals surface area contributed by atoms with Crippen LogP contribution in [0.1, 0.15) is 37.6 Å². The minimum absolute atomic E-state index is 0.0829. The Morgan fingerprint density at radius 2 is 1.70 bits per heavy atom. The van der Waals surface area contributed by atoms with E-state index in [-0.39, 0.29) is 18.5 Å². The standard InChI is InChI=1S/C20H23N3O3S/c1-3-8-14(17-11-7-12-27-17)21-18(24)13-23-16-10-6-5-9-15(16)22(4-2)19(25)20(23)26/h5-7,9-12,14H,3-4,8,13H2,1-2H3,(H,21,24)/t14-/m0/s1. The molecule has 0 saturated heterocycles. The molecule has 6 nitrogen and oxygen atoms in total. The van der Waals surface area contributed by atoms with E-state index in [1.54, 1.807) is 29.5 Å². The number of hydrogen-bond acceptors (Lipinski definition) is 4. The third kappa shape index (κ3) is 3.88. The summed E-state index contributed by atoms with van der Waals surface area (Å²) >= 11 is 1.60. The Kier molecular flexibility index (Phi) is 5.91. The molecule has 0 fully saturated rings. The molecule has 27 heavy (non-hydrogen) atoms. The van der Waals surface area contributed by atoms with Crippen molar-refractivity contribution in [3.8, 4) is 0 Å². The van der Waals surface area contributed by atoms with Crippen LogP contribution in [0.4, 0.5) is 0 Å². The van der Waals surface area contributed by atoms with Gasteiger partial charge in [-0.25, -0.2) is 0 Å². The van der Waals surface area contributed by atoms with Gasteiger partial charge in [0.15, 0.2) is 0 Å². The number of para-hydroxylation sites is 2. The first-order valence-corrected chi connectivity index (χ1v) is 9.99. The number of aromatic nitrogens is 2. The van der Waals surface area contributed by atoms with Gasteiger partial charge in [0.25, 0.3) is 0 Å². The van der Waals surface area contributed by atoms with Gasteiger partial charge in [-0.2, -0.15) is 0 Å². The molecule has 0 radical (unpaired) electrons. The molecule has 1 amide bonds. The number of carbonyl (C=O) groups excluding carboxylic acids is 1. The average Bonchev–Trinajstić information content (AvgIpc) is 3.20. The lowest BCUT2D eigenvalue weighted by atomic mass is 10.1. The van der Waals surface area contributed by atoms with Crippen LogP contribution in [0.5, 0.6) is 0 Å². The van der Waals surface area contributed by atoms with E-state index < -0.39 is 11.1 Å². The highest BCUT2D eigenvalue weighted by Crippen LogP contribution is 2.23. The fourth-order valence-electron chi connectivity index (χ4n) is 3.29. The van der Waals surface area contributed by atoms with E-state index in [9.17, 15) is 14.4 Å². The minimum atomic E-state index is -0.672. The summed E-state index contributed by atoms with van der Waals surface area (Å²) in [5.74, 6) is -0.275. The first-order chi connectivity index (χ1) is 13.1. The smallest absolute Gasteiger partial charge is 0.317 e. The highest BCUT2D eigenvalue weighted by Gasteiger charge is 2.18. The third-order valence-corrected chi connectivity index (χ3v) is 5.54. The van der Waals surface area contributed by atoms with Crippen LogP contribution in [0, 0.1) is 0 Å². The zero-order valence-corrected chi connectivity index (χ0v) is 16.3. The van der Waals surface area contributed by atoms with Crippen molar-refractivity contribution in [1.82, 2.24) is 14.5 Å². The molecule has 7 heteroatoms. The van der Waals surface area contributed by atoms with Gasteiger partial charge in [0.2, 0.25) is 5.91 Å². The second-order valence-corrected chi connectivity index (χ2v) is 7.33. The Morgan fingerprint density at radius 3 is 2.30 bits per heavy atom. The predicted molar refractivity (Wildman–Crippen MR) is 108 cm³/mol. The van der Waals surface area contributed by atoms with Gasteiger partial charge < -0.3 is 9.88 Å². The predicted octanol–water partition coefficient (Wildman–Crippen LogP) is 2.90. The van der Waals surface area contributed by atoms with Crippen molar-refractivity contribution < 1.29 is 4.79 Å². The summed E-state index contributed by atoms with van der Waals surface area (Å²) in [4.78, 5) is 38.8. The van der Waals surface area contributed by atoms with Crippen LogP contribution in [0.2, 0.25) is 0 Å². The molecule has 0 aliphatic carbocycles. The Morgan fingerprint density at radius 1 is 1.04 bits per heavy atom. The molecule has 0 unspecified atom stereocenters. The van der Waals surface area contributed by atoms with Gasteiger partial charge in [0.1, 0.15) is 6.54 Å². The quantitative estimate of drug-likeness (QED) is 0.636. The number of thiophene rings is 1. The van der Waals surface area contributed by atoms with E-state index in [0.29, 0.717) is 17.6 Å². The van der Waals surface area contributed by atoms with Crippen LogP contribution in [-0.2, 0) is 17.9 Å². The first-order valence-electron chi connectivity index (χ1n) is 9.12. The second-order valence-electron chi connectivity index (χ2n) is 6.35. The SMILES string of the molecule is CCC[C@H](NC(=O)Cn1c(=O)c(=O)n(CC)c2ccccc21)c1cccs1. The van der Waals surface area contributed by atoms with E-state index in [4.69, 9.17) is 0 Å². The van der Waals surface area contributed by atoms with Crippen molar-refractivity contribution in [1.29, 1.82) is 0 Å². The van der Waals surface area contributed by atoms with E-state index >= 15 is 0 Å². The molecule has 0 aliphatic heterocycles. The fraction of sp³-hybridized carbons (Fsp3) is 0.350. The molecule has 0 spiro atoms. The maximum absolute atomic E-state index is 12.7. The highest BCUT2D eigenvalue weighted by molar-refractivity contribution is 7.10. The van der Waals surface area contributed by atoms with Crippen LogP contribution >= 0.6 is 11.3 Å². The van der Waals surface area contributed by atoms with Crippen LogP contribution in [0.25, 0.3) is 11.0 Å². The lowest BCUT2D eigenvalue weighted by Gasteiger charge is -2.18. The molecule has 0 aliphatic rings. The molecular formula is C20H23N3O3S. The first kappa shape index (κ1) is 19.1. The Bertz CT molecular complexity index is 1050. The summed E-state index contributed by atoms with van der Waals surface area (Å²) < 4.78 is 2.72. The Balaban J connectivity index is 1.94. The fourth-order valence-corrected chi connectivity index (χ4v) is 4.10. The molecule has 1 aromatic carbocycles. The van der Waals surface area contributed by atoms with Gasteiger partial charge in [-0.15, -0.1) is 11.3 Å². The third-order valence-electron chi connectivity index (χ3n) is 4.55. The molecule has 0 saturated carbocycles. The number of carbonyl (C=O) groups is 1. The lowest BCUT2D eigenvalue weighted by molar-refractivity contribution is -0.122. The maximum Gasteiger partial charge on any atom is 0.317 e. The van der Waals surface area contributed by atoms with Crippen LogP contribution in [0.3, 0.4) is 0 Å². The lowest BCUT2D eigenvalue weighted by Crippen LogP contribution is -2.44. The summed E-state index contributed by atoms with van der Waals surface area (Å²) in [5.41, 5.74) is -0.0377. The zero-order valence-electron chi connectivity index (χ0n) is 15.5. The molecular weight excluding hydrogens is 362 g/mol. The molecule has 2 aromatic heterocycles. The Hall–Kier alpha value is -2.67. The van der Waals surface area contributed by atoms with Crippen LogP contribution < -0.4 is 16.4 Å². The van der Waals surface area contributed by atoms with Gasteiger partial charge >= 0.3 is 11.1 Å². The van der Waals surface area contributed by atoms with Gasteiger partial charge in [-0.05, 0) is 36.9 Å². The molecule has 1 atom stereocenters. The van der Waals surface area contributed by atoms with Gasteiger partial charge in [-0.3, -0.25) is 19.0 Å². The van der Waals surface area contributed by atoms with Gasteiger partial charge in [0.05, 0.1) is 17.1 Å². The zero-order chi connectivity index (χ0) is 19.4. The summed E-state index contributed by atoms with van der Waals surface area (Å²) in [6.07, 6.45) is 1.75. The summed E-state index contributed by atoms with van der Waals surface area (Å²) in [6, 6.07) is 11.0. The van der Waals surface area contributed by atoms with E-state index in [1.807, 2.05) is 30.5 Å². The highest BCUT2D eigenvalue weighted by atomic mass is 32.1. The van der Waals surface area contributed by atoms with Gasteiger partial charge in [-0.1, -0.05) is 31.5 Å². The second kappa shape index (κ2) is 8.35. The Labute approximate surface area is 161 Å². The van der Waals surface area contributed by atoms with Crippen molar-refractivity contribution in [3.63, 3.8) is 0 Å². The van der Waals surface area contributed by atoms with Crippen molar-refractivity contribution in [3.05, 3.63) is 67.4 Å². The van der Waals surface area contributed by atoms with Crippen LogP contribution in [0.15, 0.2) is 51.4 Å². The maximum atomic E-state index is 12.7. The molecule has 1 N–H and O–H groups in total. The molecule has 3 rings (SSSR count). The number of fused-ring (bicyclic) bond motifs is 1. The van der Waals surface area contributed by atoms with Crippen molar-refractivity contribution in [2.75, 3.05) is 0 Å². The van der Waals surface area contributed by atoms with E-state index in [1.165, 1.54) is 9.13 Å². The number of nitrogens with zero attached hydrogens (tertiary/aromatic N) is 2. The number of amides is 1. The number of nitrogens with one attached hydrogen (secondary N) is 1. The molecule has 142 valence electrons. The molecule has 0 bridgehead atoms. The van der Waals surface area contributed by atoms with Crippen molar-refractivity contribution in [2.45, 2.75) is 45.8 Å². The number of benzene rings is 1. The normalized spacial score (nSPS) is 12.2. The number of rotatable bonds is 7. The number of hydrogen-bond donors (Lipinski definition) is 1. The number of aryl methyl sites for hydroxylation is 1. The summed E-state index contributed by atoms with van der Waals surface area (Å²) in [7, 11) is 0. The summed E-state index contributed by atoms with van der Waals surface area (Å²) in [6.45, 7) is 4.11. The van der Waals surface area contributed by atoms with Crippen molar-refractivity contribution >= 4 is 28.3 Å². The molecule has 2 heterocycles. The van der Waals surface area contributed by atoms with Gasteiger partial charge in [0, 0.05) is 11.4 Å². The molecule has 3 aromatic rings. The average molecular weight is 385 g/mol. The van der Waals surface area contributed by atoms with E-state index in [2.05, 4.69) is 12.2 Å². The van der Waals surface area contributed by atoms with Crippen LogP contribution in [-0.4, -0.2) is 15.0 Å². The topological polar surface area (TPSA) is 73.1 Å². The van der Waals surface area contributed by atoms with Crippen molar-refractivity contribution in [2.24, 2.45) is 0 Å². The minimum Gasteiger partial charge on any atom is -0.347 e. The largest absolute Gasteiger partial charge is 0.347 e. The van der Waals surface area contributed by atoms with E-state index in [0.717, 1.165) is 17.7 Å². The monoisotopic (exact) mass is 385 g/mol. The summed E-state index contributed by atoms with van der Waals surface area (Å²) in [5, 5.41) is 4.99.